The van der Waals surface area contributed by atoms with Crippen LogP contribution in [-0.2, 0) is 4.79 Å². The van der Waals surface area contributed by atoms with Crippen LogP contribution in [0.25, 0.3) is 0 Å². The largest absolute Gasteiger partial charge is 0.357 e. The van der Waals surface area contributed by atoms with Gasteiger partial charge in [0.1, 0.15) is 11.9 Å². The lowest BCUT2D eigenvalue weighted by Gasteiger charge is -2.18. The van der Waals surface area contributed by atoms with Crippen molar-refractivity contribution in [2.45, 2.75) is 105 Å². The number of nitrogens with one attached hydrogen (secondary N) is 2. The van der Waals surface area contributed by atoms with Gasteiger partial charge < -0.3 is 11.1 Å². The summed E-state index contributed by atoms with van der Waals surface area (Å²) in [4.78, 5) is 27.9. The number of nitrogens with two attached hydrogens (primary N) is 1. The zero-order valence-corrected chi connectivity index (χ0v) is 25.0. The number of aryl methyl sites for hydroxylation is 1. The molecule has 1 heterocycles. The molecule has 0 spiro atoms. The van der Waals surface area contributed by atoms with Crippen molar-refractivity contribution in [2.75, 3.05) is 16.8 Å². The number of hydrogen-bond donors (Lipinski definition) is 3. The van der Waals surface area contributed by atoms with Gasteiger partial charge in [-0.05, 0) is 56.1 Å². The fraction of sp³-hybridized carbons (Fsp3) is 0.700. The smallest absolute Gasteiger partial charge is 0.318 e. The molecule has 6 nitrogen and oxygen atoms in total. The molecule has 0 bridgehead atoms. The summed E-state index contributed by atoms with van der Waals surface area (Å²) < 4.78 is 0. The Morgan fingerprint density at radius 3 is 2.24 bits per heavy atom. The first kappa shape index (κ1) is 33.0. The minimum Gasteiger partial charge on any atom is -0.357 e. The van der Waals surface area contributed by atoms with Gasteiger partial charge in [0.15, 0.2) is 0 Å². The Kier molecular flexibility index (Phi) is 17.0. The van der Waals surface area contributed by atoms with Crippen LogP contribution in [-0.4, -0.2) is 34.5 Å². The van der Waals surface area contributed by atoms with Crippen molar-refractivity contribution in [1.29, 1.82) is 0 Å². The average Bonchev–Trinajstić information content (AvgIpc) is 2.81. The van der Waals surface area contributed by atoms with Crippen LogP contribution < -0.4 is 16.4 Å². The normalized spacial score (nSPS) is 14.3. The number of rotatable bonds is 19. The van der Waals surface area contributed by atoms with Crippen LogP contribution in [0.1, 0.15) is 98.0 Å². The number of nitrogens with zero attached hydrogens (tertiary/aromatic N) is 1. The van der Waals surface area contributed by atoms with Crippen LogP contribution in [0.3, 0.4) is 0 Å². The summed E-state index contributed by atoms with van der Waals surface area (Å²) in [5, 5.41) is 5.34. The molecular formula is C30H52N4O2S. The molecule has 210 valence electrons. The van der Waals surface area contributed by atoms with Crippen molar-refractivity contribution in [3.8, 4) is 0 Å². The highest BCUT2D eigenvalue weighted by atomic mass is 32.2. The molecule has 0 aliphatic carbocycles. The van der Waals surface area contributed by atoms with Crippen LogP contribution in [0.4, 0.5) is 10.6 Å². The Labute approximate surface area is 230 Å². The molecule has 3 unspecified atom stereocenters. The molecule has 0 radical (unpaired) electrons. The number of carbonyl (C=O) groups is 2. The van der Waals surface area contributed by atoms with Crippen molar-refractivity contribution in [1.82, 2.24) is 10.3 Å². The first-order valence-corrected chi connectivity index (χ1v) is 15.3. The molecule has 37 heavy (non-hydrogen) atoms. The summed E-state index contributed by atoms with van der Waals surface area (Å²) in [5.41, 5.74) is 7.48. The van der Waals surface area contributed by atoms with Crippen molar-refractivity contribution in [3.63, 3.8) is 0 Å². The Balaban J connectivity index is 2.31. The zero-order valence-electron chi connectivity index (χ0n) is 24.1. The summed E-state index contributed by atoms with van der Waals surface area (Å²) >= 11 is 1.65. The monoisotopic (exact) mass is 532 g/mol. The van der Waals surface area contributed by atoms with Gasteiger partial charge in [-0.15, -0.1) is 0 Å². The number of imide groups is 1. The van der Waals surface area contributed by atoms with Crippen LogP contribution in [0.5, 0.6) is 0 Å². The molecule has 3 atom stereocenters. The van der Waals surface area contributed by atoms with Crippen molar-refractivity contribution < 1.29 is 9.59 Å². The number of amides is 3. The number of allylic oxidation sites excluding steroid dienone is 1. The van der Waals surface area contributed by atoms with Crippen LogP contribution in [0, 0.1) is 24.7 Å². The van der Waals surface area contributed by atoms with Crippen molar-refractivity contribution >= 4 is 29.5 Å². The summed E-state index contributed by atoms with van der Waals surface area (Å²) in [6.07, 6.45) is 15.7. The minimum absolute atomic E-state index is 0.440. The van der Waals surface area contributed by atoms with Gasteiger partial charge >= 0.3 is 6.03 Å². The number of aromatic nitrogens is 1. The van der Waals surface area contributed by atoms with Gasteiger partial charge in [-0.1, -0.05) is 90.4 Å². The predicted molar refractivity (Wildman–Crippen MR) is 160 cm³/mol. The number of carbonyl (C=O) groups excluding carboxylic acids is 2. The summed E-state index contributed by atoms with van der Waals surface area (Å²) in [5.74, 6) is 3.99. The third-order valence-electron chi connectivity index (χ3n) is 6.86. The average molecular weight is 533 g/mol. The highest BCUT2D eigenvalue weighted by Gasteiger charge is 2.20. The molecule has 0 saturated carbocycles. The lowest BCUT2D eigenvalue weighted by Crippen LogP contribution is -2.46. The van der Waals surface area contributed by atoms with Crippen LogP contribution in [0.15, 0.2) is 30.0 Å². The maximum atomic E-state index is 12.5. The fourth-order valence-corrected chi connectivity index (χ4v) is 5.40. The van der Waals surface area contributed by atoms with Gasteiger partial charge in [-0.25, -0.2) is 9.78 Å². The van der Waals surface area contributed by atoms with Gasteiger partial charge in [-0.3, -0.25) is 10.1 Å². The lowest BCUT2D eigenvalue weighted by molar-refractivity contribution is -0.120. The van der Waals surface area contributed by atoms with Gasteiger partial charge in [0.25, 0.3) is 5.91 Å². The summed E-state index contributed by atoms with van der Waals surface area (Å²) in [7, 11) is 0. The minimum atomic E-state index is -0.847. The second-order valence-corrected chi connectivity index (χ2v) is 12.2. The Morgan fingerprint density at radius 2 is 1.65 bits per heavy atom. The molecule has 7 heteroatoms. The van der Waals surface area contributed by atoms with E-state index < -0.39 is 18.0 Å². The van der Waals surface area contributed by atoms with Gasteiger partial charge in [0.05, 0.1) is 0 Å². The number of hydrogen-bond acceptors (Lipinski definition) is 5. The number of primary amides is 1. The van der Waals surface area contributed by atoms with E-state index in [1.165, 1.54) is 56.9 Å². The summed E-state index contributed by atoms with van der Waals surface area (Å²) in [6, 6.07) is 2.33. The highest BCUT2D eigenvalue weighted by Crippen LogP contribution is 2.22. The number of anilines is 1. The van der Waals surface area contributed by atoms with E-state index in [9.17, 15) is 9.59 Å². The van der Waals surface area contributed by atoms with E-state index in [1.54, 1.807) is 18.0 Å². The molecule has 0 aliphatic rings. The molecule has 0 fully saturated rings. The van der Waals surface area contributed by atoms with E-state index >= 15 is 0 Å². The van der Waals surface area contributed by atoms with E-state index in [2.05, 4.69) is 56.3 Å². The molecule has 1 aromatic heterocycles. The topological polar surface area (TPSA) is 97.1 Å². The third kappa shape index (κ3) is 16.4. The predicted octanol–water partition coefficient (Wildman–Crippen LogP) is 7.48. The number of urea groups is 1. The second-order valence-electron chi connectivity index (χ2n) is 11.2. The van der Waals surface area contributed by atoms with Gasteiger partial charge in [0.2, 0.25) is 0 Å². The zero-order chi connectivity index (χ0) is 27.6. The fourth-order valence-electron chi connectivity index (χ4n) is 4.39. The summed E-state index contributed by atoms with van der Waals surface area (Å²) in [6.45, 7) is 13.6. The molecule has 1 rings (SSSR count). The Morgan fingerprint density at radius 1 is 1.03 bits per heavy atom. The van der Waals surface area contributed by atoms with E-state index in [0.29, 0.717) is 11.6 Å². The Bertz CT molecular complexity index is 828. The quantitative estimate of drug-likeness (QED) is 0.127. The maximum Gasteiger partial charge on any atom is 0.318 e. The molecular weight excluding hydrogens is 480 g/mol. The molecule has 1 aromatic rings. The van der Waals surface area contributed by atoms with Crippen LogP contribution >= 0.6 is 11.8 Å². The standard InChI is InChI=1S/C30H52N4O2S/c1-22(2)11-7-12-23(3)13-8-14-24(4)15-9-16-25(5)18-20-37-21-27(29(35)34-30(31)36)33-28-26(6)17-10-19-32-28/h10,17-19,22-24,27H,7-9,11-16,20-21H2,1-6H3,(H,32,33)(H3,31,34,35,36). The molecule has 0 aromatic carbocycles. The van der Waals surface area contributed by atoms with Gasteiger partial charge in [0, 0.05) is 17.7 Å². The number of pyridine rings is 1. The van der Waals surface area contributed by atoms with Gasteiger partial charge in [-0.2, -0.15) is 11.8 Å². The third-order valence-corrected chi connectivity index (χ3v) is 7.83. The lowest BCUT2D eigenvalue weighted by atomic mass is 9.91. The molecule has 4 N–H and O–H groups in total. The van der Waals surface area contributed by atoms with E-state index in [1.807, 2.05) is 19.1 Å². The SMILES string of the molecule is CC(=CCSCC(Nc1ncccc1C)C(=O)NC(N)=O)CCCC(C)CCCC(C)CCCC(C)C. The first-order valence-electron chi connectivity index (χ1n) is 14.1. The highest BCUT2D eigenvalue weighted by molar-refractivity contribution is 7.99. The van der Waals surface area contributed by atoms with E-state index in [4.69, 9.17) is 5.73 Å². The van der Waals surface area contributed by atoms with Crippen molar-refractivity contribution in [2.24, 2.45) is 23.5 Å². The van der Waals surface area contributed by atoms with Crippen molar-refractivity contribution in [3.05, 3.63) is 35.5 Å². The molecule has 0 aliphatic heterocycles. The number of thioether (sulfide) groups is 1. The maximum absolute atomic E-state index is 12.5. The second kappa shape index (κ2) is 19.1. The molecule has 3 amide bonds. The first-order chi connectivity index (χ1) is 17.6. The van der Waals surface area contributed by atoms with E-state index in [-0.39, 0.29) is 0 Å². The Hall–Kier alpha value is -2.02. The molecule has 0 saturated heterocycles. The van der Waals surface area contributed by atoms with E-state index in [0.717, 1.165) is 35.5 Å². The van der Waals surface area contributed by atoms with Crippen LogP contribution in [0.2, 0.25) is 0 Å².